The summed E-state index contributed by atoms with van der Waals surface area (Å²) < 4.78 is 5.56. The van der Waals surface area contributed by atoms with Crippen molar-refractivity contribution < 1.29 is 4.74 Å². The minimum absolute atomic E-state index is 0.0736. The molecule has 1 N–H and O–H groups in total. The Morgan fingerprint density at radius 3 is 3.00 bits per heavy atom. The third-order valence-corrected chi connectivity index (χ3v) is 1.82. The lowest BCUT2D eigenvalue weighted by molar-refractivity contribution is 0.245. The van der Waals surface area contributed by atoms with Gasteiger partial charge in [0.1, 0.15) is 17.3 Å². The number of hydrogen-bond acceptors (Lipinski definition) is 4. The third-order valence-electron chi connectivity index (χ3n) is 1.82. The molecule has 0 fully saturated rings. The Hall–Kier alpha value is -2.09. The fraction of sp³-hybridized carbons (Fsp3) is 0.300. The fourth-order valence-electron chi connectivity index (χ4n) is 1.29. The molecule has 0 spiro atoms. The molecule has 2 heterocycles. The van der Waals surface area contributed by atoms with E-state index in [1.807, 2.05) is 19.9 Å². The van der Waals surface area contributed by atoms with Crippen molar-refractivity contribution in [3.8, 4) is 11.8 Å². The summed E-state index contributed by atoms with van der Waals surface area (Å²) in [6, 6.07) is 3.69. The van der Waals surface area contributed by atoms with Gasteiger partial charge in [0, 0.05) is 12.3 Å². The van der Waals surface area contributed by atoms with Gasteiger partial charge < -0.3 is 9.72 Å². The van der Waals surface area contributed by atoms with Gasteiger partial charge in [-0.1, -0.05) is 0 Å². The molecule has 0 atom stereocenters. The Kier molecular flexibility index (Phi) is 2.26. The van der Waals surface area contributed by atoms with Crippen LogP contribution in [0.25, 0.3) is 11.2 Å². The van der Waals surface area contributed by atoms with Gasteiger partial charge in [0.05, 0.1) is 6.10 Å². The first-order valence-corrected chi connectivity index (χ1v) is 4.62. The molecule has 0 aliphatic rings. The van der Waals surface area contributed by atoms with Crippen LogP contribution >= 0.6 is 0 Å². The molecule has 0 saturated heterocycles. The van der Waals surface area contributed by atoms with Gasteiger partial charge in [0.15, 0.2) is 5.65 Å². The highest BCUT2D eigenvalue weighted by Gasteiger charge is 2.09. The van der Waals surface area contributed by atoms with Gasteiger partial charge in [-0.05, 0) is 13.8 Å². The Balaban J connectivity index is 2.55. The summed E-state index contributed by atoms with van der Waals surface area (Å²) in [5, 5.41) is 8.70. The minimum Gasteiger partial charge on any atom is -0.489 e. The molecule has 5 heteroatoms. The van der Waals surface area contributed by atoms with Crippen molar-refractivity contribution in [2.24, 2.45) is 0 Å². The first-order chi connectivity index (χ1) is 7.20. The van der Waals surface area contributed by atoms with Crippen molar-refractivity contribution in [3.05, 3.63) is 18.1 Å². The van der Waals surface area contributed by atoms with E-state index in [2.05, 4.69) is 15.0 Å². The van der Waals surface area contributed by atoms with Crippen LogP contribution in [0.15, 0.2) is 12.3 Å². The lowest BCUT2D eigenvalue weighted by Gasteiger charge is -2.09. The van der Waals surface area contributed by atoms with Gasteiger partial charge in [-0.15, -0.1) is 0 Å². The highest BCUT2D eigenvalue weighted by atomic mass is 16.5. The van der Waals surface area contributed by atoms with E-state index in [-0.39, 0.29) is 11.9 Å². The first kappa shape index (κ1) is 9.46. The lowest BCUT2D eigenvalue weighted by atomic mass is 10.4. The number of nitriles is 1. The third kappa shape index (κ3) is 1.74. The maximum atomic E-state index is 8.70. The van der Waals surface area contributed by atoms with E-state index in [1.54, 1.807) is 12.3 Å². The molecule has 2 aromatic heterocycles. The summed E-state index contributed by atoms with van der Waals surface area (Å²) >= 11 is 0. The number of fused-ring (bicyclic) bond motifs is 1. The molecule has 0 bridgehead atoms. The number of hydrogen-bond donors (Lipinski definition) is 1. The van der Waals surface area contributed by atoms with Crippen molar-refractivity contribution in [2.45, 2.75) is 20.0 Å². The number of rotatable bonds is 2. The van der Waals surface area contributed by atoms with Crippen LogP contribution in [0.2, 0.25) is 0 Å². The van der Waals surface area contributed by atoms with Crippen LogP contribution in [0, 0.1) is 11.3 Å². The van der Waals surface area contributed by atoms with Crippen LogP contribution in [0.1, 0.15) is 19.7 Å². The van der Waals surface area contributed by atoms with E-state index in [0.717, 1.165) is 0 Å². The van der Waals surface area contributed by atoms with E-state index >= 15 is 0 Å². The maximum Gasteiger partial charge on any atom is 0.212 e. The van der Waals surface area contributed by atoms with Gasteiger partial charge in [-0.3, -0.25) is 0 Å². The van der Waals surface area contributed by atoms with Gasteiger partial charge in [-0.2, -0.15) is 10.2 Å². The Morgan fingerprint density at radius 2 is 2.33 bits per heavy atom. The van der Waals surface area contributed by atoms with Gasteiger partial charge in [-0.25, -0.2) is 4.98 Å². The number of nitrogens with zero attached hydrogens (tertiary/aromatic N) is 3. The van der Waals surface area contributed by atoms with Crippen LogP contribution < -0.4 is 4.74 Å². The molecule has 0 aromatic carbocycles. The normalized spacial score (nSPS) is 10.5. The number of nitrogens with one attached hydrogen (secondary N) is 1. The first-order valence-electron chi connectivity index (χ1n) is 4.62. The number of ether oxygens (including phenoxy) is 1. The van der Waals surface area contributed by atoms with Crippen LogP contribution in [0.4, 0.5) is 0 Å². The molecule has 5 nitrogen and oxygen atoms in total. The summed E-state index contributed by atoms with van der Waals surface area (Å²) in [6.07, 6.45) is 1.69. The van der Waals surface area contributed by atoms with Crippen LogP contribution in [-0.2, 0) is 0 Å². The molecular weight excluding hydrogens is 192 g/mol. The fourth-order valence-corrected chi connectivity index (χ4v) is 1.29. The summed E-state index contributed by atoms with van der Waals surface area (Å²) in [5.74, 6) is 0.918. The summed E-state index contributed by atoms with van der Waals surface area (Å²) in [4.78, 5) is 10.9. The van der Waals surface area contributed by atoms with Crippen molar-refractivity contribution in [3.63, 3.8) is 0 Å². The standard InChI is InChI=1S/C10H10N4O/c1-6(2)15-7-3-4-12-10-9(7)13-8(5-11)14-10/h3-4,6H,1-2H3,(H,12,13,14). The predicted molar refractivity (Wildman–Crippen MR) is 54.4 cm³/mol. The molecule has 0 radical (unpaired) electrons. The maximum absolute atomic E-state index is 8.70. The second-order valence-corrected chi connectivity index (χ2v) is 3.37. The van der Waals surface area contributed by atoms with E-state index < -0.39 is 0 Å². The molecule has 0 amide bonds. The molecule has 76 valence electrons. The highest BCUT2D eigenvalue weighted by molar-refractivity contribution is 5.78. The monoisotopic (exact) mass is 202 g/mol. The van der Waals surface area contributed by atoms with E-state index in [1.165, 1.54) is 0 Å². The molecule has 2 rings (SSSR count). The van der Waals surface area contributed by atoms with E-state index in [9.17, 15) is 0 Å². The quantitative estimate of drug-likeness (QED) is 0.802. The van der Waals surface area contributed by atoms with E-state index in [4.69, 9.17) is 10.00 Å². The summed E-state index contributed by atoms with van der Waals surface area (Å²) in [5.41, 5.74) is 1.17. The van der Waals surface area contributed by atoms with Crippen molar-refractivity contribution >= 4 is 11.2 Å². The molecular formula is C10H10N4O. The smallest absolute Gasteiger partial charge is 0.212 e. The lowest BCUT2D eigenvalue weighted by Crippen LogP contribution is -2.05. The molecule has 0 saturated carbocycles. The average Bonchev–Trinajstić information content (AvgIpc) is 2.61. The molecule has 0 aliphatic carbocycles. The second kappa shape index (κ2) is 3.58. The Bertz CT molecular complexity index is 524. The molecule has 15 heavy (non-hydrogen) atoms. The van der Waals surface area contributed by atoms with Crippen molar-refractivity contribution in [1.82, 2.24) is 15.0 Å². The average molecular weight is 202 g/mol. The number of aromatic amines is 1. The van der Waals surface area contributed by atoms with Crippen molar-refractivity contribution in [2.75, 3.05) is 0 Å². The number of pyridine rings is 1. The van der Waals surface area contributed by atoms with E-state index in [0.29, 0.717) is 16.9 Å². The Labute approximate surface area is 86.7 Å². The Morgan fingerprint density at radius 1 is 1.53 bits per heavy atom. The highest BCUT2D eigenvalue weighted by Crippen LogP contribution is 2.22. The van der Waals surface area contributed by atoms with Crippen LogP contribution in [-0.4, -0.2) is 21.1 Å². The van der Waals surface area contributed by atoms with Crippen LogP contribution in [0.5, 0.6) is 5.75 Å². The zero-order valence-corrected chi connectivity index (χ0v) is 8.48. The van der Waals surface area contributed by atoms with Gasteiger partial charge >= 0.3 is 0 Å². The molecule has 0 aliphatic heterocycles. The van der Waals surface area contributed by atoms with Gasteiger partial charge in [0.2, 0.25) is 5.82 Å². The predicted octanol–water partition coefficient (Wildman–Crippen LogP) is 1.62. The van der Waals surface area contributed by atoms with Gasteiger partial charge in [0.25, 0.3) is 0 Å². The summed E-state index contributed by atoms with van der Waals surface area (Å²) in [7, 11) is 0. The topological polar surface area (TPSA) is 74.6 Å². The van der Waals surface area contributed by atoms with Crippen molar-refractivity contribution in [1.29, 1.82) is 5.26 Å². The summed E-state index contributed by atoms with van der Waals surface area (Å²) in [6.45, 7) is 3.88. The van der Waals surface area contributed by atoms with Crippen LogP contribution in [0.3, 0.4) is 0 Å². The largest absolute Gasteiger partial charge is 0.489 e. The molecule has 2 aromatic rings. The number of imidazole rings is 1. The number of H-pyrrole nitrogens is 1. The second-order valence-electron chi connectivity index (χ2n) is 3.37. The zero-order chi connectivity index (χ0) is 10.8. The number of aromatic nitrogens is 3. The minimum atomic E-state index is 0.0736. The molecule has 0 unspecified atom stereocenters. The zero-order valence-electron chi connectivity index (χ0n) is 8.48. The SMILES string of the molecule is CC(C)Oc1ccnc2nc(C#N)[nH]c12.